The molecule has 0 aliphatic carbocycles. The van der Waals surface area contributed by atoms with Crippen LogP contribution < -0.4 is 10.1 Å². The molecule has 0 radical (unpaired) electrons. The van der Waals surface area contributed by atoms with E-state index in [1.165, 1.54) is 11.1 Å². The maximum atomic E-state index is 12.9. The molecule has 1 amide bonds. The van der Waals surface area contributed by atoms with Gasteiger partial charge in [-0.1, -0.05) is 48.5 Å². The van der Waals surface area contributed by atoms with Crippen molar-refractivity contribution in [3.63, 3.8) is 0 Å². The summed E-state index contributed by atoms with van der Waals surface area (Å²) in [7, 11) is 1.69. The van der Waals surface area contributed by atoms with E-state index in [1.54, 1.807) is 7.11 Å². The highest BCUT2D eigenvalue weighted by Crippen LogP contribution is 2.37. The maximum Gasteiger partial charge on any atom is 0.412 e. The van der Waals surface area contributed by atoms with Gasteiger partial charge in [0.1, 0.15) is 18.8 Å². The maximum absolute atomic E-state index is 12.9. The Morgan fingerprint density at radius 1 is 0.912 bits per heavy atom. The van der Waals surface area contributed by atoms with Crippen LogP contribution in [0.1, 0.15) is 29.5 Å². The number of carbonyl (C=O) groups excluding carboxylic acids is 1. The third-order valence-electron chi connectivity index (χ3n) is 7.47. The second-order valence-corrected chi connectivity index (χ2v) is 9.70. The highest BCUT2D eigenvalue weighted by molar-refractivity contribution is 5.85. The van der Waals surface area contributed by atoms with E-state index < -0.39 is 0 Å². The Morgan fingerprint density at radius 3 is 2.35 bits per heavy atom. The van der Waals surface area contributed by atoms with Crippen LogP contribution in [-0.2, 0) is 17.7 Å². The summed E-state index contributed by atoms with van der Waals surface area (Å²) < 4.78 is 12.3. The molecule has 0 aromatic heterocycles. The highest BCUT2D eigenvalue weighted by atomic mass is 16.6. The minimum absolute atomic E-state index is 0.0398. The number of methoxy groups -OCH3 is 1. The third kappa shape index (κ3) is 5.10. The minimum atomic E-state index is -0.346. The van der Waals surface area contributed by atoms with Crippen molar-refractivity contribution in [1.82, 2.24) is 0 Å². The summed E-state index contributed by atoms with van der Waals surface area (Å²) in [6.07, 6.45) is 2.60. The van der Waals surface area contributed by atoms with E-state index in [-0.39, 0.29) is 12.2 Å². The Morgan fingerprint density at radius 2 is 1.62 bits per heavy atom. The van der Waals surface area contributed by atoms with E-state index in [1.807, 2.05) is 48.5 Å². The number of rotatable bonds is 7. The van der Waals surface area contributed by atoms with Gasteiger partial charge in [0.05, 0.1) is 20.2 Å². The largest absolute Gasteiger partial charge is 0.497 e. The summed E-state index contributed by atoms with van der Waals surface area (Å²) in [6, 6.07) is 26.6. The van der Waals surface area contributed by atoms with Crippen molar-refractivity contribution < 1.29 is 18.8 Å². The first kappa shape index (κ1) is 22.5. The Balaban J connectivity index is 1.23. The molecule has 0 saturated carbocycles. The first-order valence-electron chi connectivity index (χ1n) is 12.2. The lowest BCUT2D eigenvalue weighted by Crippen LogP contribution is -2.63. The number of quaternary nitrogens is 1. The molecule has 3 heterocycles. The SMILES string of the molecule is COc1ccc(C[N+]23CCC(CC2)C(OC(=O)Nc2ccccc2Cc2ccccc2)C3)cc1. The van der Waals surface area contributed by atoms with Gasteiger partial charge >= 0.3 is 6.09 Å². The number of hydrogen-bond donors (Lipinski definition) is 1. The molecule has 6 rings (SSSR count). The molecule has 3 aromatic carbocycles. The number of para-hydroxylation sites is 1. The molecule has 3 fully saturated rings. The number of benzene rings is 3. The van der Waals surface area contributed by atoms with E-state index in [2.05, 4.69) is 35.6 Å². The number of piperidine rings is 3. The van der Waals surface area contributed by atoms with Crippen LogP contribution in [0, 0.1) is 5.92 Å². The molecule has 2 bridgehead atoms. The normalized spacial score (nSPS) is 23.3. The number of ether oxygens (including phenoxy) is 2. The van der Waals surface area contributed by atoms with Crippen molar-refractivity contribution >= 4 is 11.8 Å². The predicted octanol–water partition coefficient (Wildman–Crippen LogP) is 5.64. The first-order chi connectivity index (χ1) is 16.6. The molecule has 5 heteroatoms. The number of anilines is 1. The molecule has 5 nitrogen and oxygen atoms in total. The van der Waals surface area contributed by atoms with E-state index in [9.17, 15) is 4.79 Å². The van der Waals surface area contributed by atoms with E-state index in [4.69, 9.17) is 9.47 Å². The van der Waals surface area contributed by atoms with Crippen LogP contribution in [-0.4, -0.2) is 43.4 Å². The monoisotopic (exact) mass is 457 g/mol. The lowest BCUT2D eigenvalue weighted by atomic mass is 9.83. The van der Waals surface area contributed by atoms with Crippen LogP contribution in [0.4, 0.5) is 10.5 Å². The fourth-order valence-electron chi connectivity index (χ4n) is 5.58. The van der Waals surface area contributed by atoms with E-state index in [0.717, 1.165) is 66.9 Å². The van der Waals surface area contributed by atoms with Gasteiger partial charge in [0.25, 0.3) is 0 Å². The molecule has 1 N–H and O–H groups in total. The number of fused-ring (bicyclic) bond motifs is 3. The van der Waals surface area contributed by atoms with Gasteiger partial charge in [-0.25, -0.2) is 4.79 Å². The molecule has 176 valence electrons. The fourth-order valence-corrected chi connectivity index (χ4v) is 5.58. The average molecular weight is 458 g/mol. The van der Waals surface area contributed by atoms with Gasteiger partial charge in [-0.3, -0.25) is 5.32 Å². The van der Waals surface area contributed by atoms with Crippen LogP contribution in [0.15, 0.2) is 78.9 Å². The Hall–Kier alpha value is -3.31. The lowest BCUT2D eigenvalue weighted by molar-refractivity contribution is -0.958. The Kier molecular flexibility index (Phi) is 6.54. The smallest absolute Gasteiger partial charge is 0.412 e. The lowest BCUT2D eigenvalue weighted by Gasteiger charge is -2.52. The van der Waals surface area contributed by atoms with Gasteiger partial charge in [-0.2, -0.15) is 0 Å². The second-order valence-electron chi connectivity index (χ2n) is 9.70. The number of carbonyl (C=O) groups is 1. The molecule has 3 aliphatic heterocycles. The van der Waals surface area contributed by atoms with Crippen molar-refractivity contribution in [1.29, 1.82) is 0 Å². The fraction of sp³-hybridized carbons (Fsp3) is 0.345. The molecular weight excluding hydrogens is 424 g/mol. The minimum Gasteiger partial charge on any atom is -0.497 e. The van der Waals surface area contributed by atoms with Crippen molar-refractivity contribution in [3.05, 3.63) is 95.6 Å². The van der Waals surface area contributed by atoms with Crippen molar-refractivity contribution in [3.8, 4) is 5.75 Å². The molecule has 0 spiro atoms. The van der Waals surface area contributed by atoms with Crippen molar-refractivity contribution in [2.45, 2.75) is 31.9 Å². The zero-order valence-electron chi connectivity index (χ0n) is 19.8. The number of amides is 1. The molecule has 3 aliphatic rings. The molecule has 34 heavy (non-hydrogen) atoms. The Bertz CT molecular complexity index is 1110. The Labute approximate surface area is 201 Å². The summed E-state index contributed by atoms with van der Waals surface area (Å²) in [6.45, 7) is 4.16. The van der Waals surface area contributed by atoms with Crippen LogP contribution in [0.3, 0.4) is 0 Å². The number of hydrogen-bond acceptors (Lipinski definition) is 3. The van der Waals surface area contributed by atoms with Crippen molar-refractivity contribution in [2.24, 2.45) is 5.92 Å². The summed E-state index contributed by atoms with van der Waals surface area (Å²) in [5.41, 5.74) is 4.43. The van der Waals surface area contributed by atoms with Crippen LogP contribution in [0.5, 0.6) is 5.75 Å². The standard InChI is InChI=1S/C29H32N2O3/c1-33-26-13-11-23(12-14-26)20-31-17-15-24(16-18-31)28(21-31)34-29(32)30-27-10-6-5-9-25(27)19-22-7-3-2-4-8-22/h2-14,24,28H,15-21H2,1H3/p+1. The zero-order chi connectivity index (χ0) is 23.4. The summed E-state index contributed by atoms with van der Waals surface area (Å²) >= 11 is 0. The van der Waals surface area contributed by atoms with Gasteiger partial charge in [0.15, 0.2) is 6.10 Å². The van der Waals surface area contributed by atoms with Gasteiger partial charge in [0, 0.05) is 30.0 Å². The number of nitrogens with one attached hydrogen (secondary N) is 1. The average Bonchev–Trinajstić information content (AvgIpc) is 2.87. The van der Waals surface area contributed by atoms with E-state index in [0.29, 0.717) is 5.92 Å². The van der Waals surface area contributed by atoms with Crippen LogP contribution in [0.25, 0.3) is 0 Å². The molecule has 1 unspecified atom stereocenters. The van der Waals surface area contributed by atoms with Crippen LogP contribution >= 0.6 is 0 Å². The molecular formula is C29H33N2O3+. The van der Waals surface area contributed by atoms with Gasteiger partial charge in [-0.05, 0) is 47.9 Å². The molecule has 1 atom stereocenters. The summed E-state index contributed by atoms with van der Waals surface area (Å²) in [4.78, 5) is 12.9. The molecule has 3 aromatic rings. The highest BCUT2D eigenvalue weighted by Gasteiger charge is 2.47. The van der Waals surface area contributed by atoms with Crippen molar-refractivity contribution in [2.75, 3.05) is 32.1 Å². The van der Waals surface area contributed by atoms with Gasteiger partial charge < -0.3 is 14.0 Å². The second kappa shape index (κ2) is 9.90. The first-order valence-corrected chi connectivity index (χ1v) is 12.2. The van der Waals surface area contributed by atoms with Gasteiger partial charge in [-0.15, -0.1) is 0 Å². The molecule has 3 saturated heterocycles. The summed E-state index contributed by atoms with van der Waals surface area (Å²) in [5, 5.41) is 3.03. The van der Waals surface area contributed by atoms with Crippen LogP contribution in [0.2, 0.25) is 0 Å². The van der Waals surface area contributed by atoms with Gasteiger partial charge in [0.2, 0.25) is 0 Å². The third-order valence-corrected chi connectivity index (χ3v) is 7.47. The topological polar surface area (TPSA) is 47.6 Å². The summed E-state index contributed by atoms with van der Waals surface area (Å²) in [5.74, 6) is 1.34. The zero-order valence-corrected chi connectivity index (χ0v) is 19.8. The number of nitrogens with zero attached hydrogens (tertiary/aromatic N) is 1. The predicted molar refractivity (Wildman–Crippen MR) is 134 cm³/mol. The van der Waals surface area contributed by atoms with E-state index >= 15 is 0 Å². The quantitative estimate of drug-likeness (QED) is 0.467.